The molecule has 2 heteroatoms. The molecule has 0 heterocycles. The first-order chi connectivity index (χ1) is 7.69. The average Bonchev–Trinajstić information content (AvgIpc) is 2.26. The molecule has 0 spiro atoms. The van der Waals surface area contributed by atoms with E-state index in [1.165, 1.54) is 11.1 Å². The molecule has 0 radical (unpaired) electrons. The lowest BCUT2D eigenvalue weighted by molar-refractivity contribution is 0.555. The third-order valence-electron chi connectivity index (χ3n) is 2.69. The third-order valence-corrected chi connectivity index (χ3v) is 3.18. The predicted octanol–water partition coefficient (Wildman–Crippen LogP) is 3.82. The van der Waals surface area contributed by atoms with Gasteiger partial charge in [-0.3, -0.25) is 0 Å². The molecule has 1 aromatic rings. The lowest BCUT2D eigenvalue weighted by Crippen LogP contribution is -2.17. The van der Waals surface area contributed by atoms with Crippen molar-refractivity contribution in [3.63, 3.8) is 0 Å². The molecule has 1 nitrogen and oxygen atoms in total. The number of nitrogens with one attached hydrogen (secondary N) is 1. The van der Waals surface area contributed by atoms with E-state index in [4.69, 9.17) is 0 Å². The Bertz CT molecular complexity index is 401. The van der Waals surface area contributed by atoms with Gasteiger partial charge in [-0.2, -0.15) is 0 Å². The van der Waals surface area contributed by atoms with Crippen LogP contribution in [0, 0.1) is 18.8 Å². The number of hydrogen-bond donors (Lipinski definition) is 1. The van der Waals surface area contributed by atoms with Crippen LogP contribution in [0.3, 0.4) is 0 Å². The summed E-state index contributed by atoms with van der Waals surface area (Å²) < 4.78 is 1.14. The normalized spacial score (nSPS) is 11.8. The monoisotopic (exact) mass is 279 g/mol. The van der Waals surface area contributed by atoms with Crippen molar-refractivity contribution in [3.05, 3.63) is 33.8 Å². The summed E-state index contributed by atoms with van der Waals surface area (Å²) in [5, 5.41) is 3.35. The van der Waals surface area contributed by atoms with Crippen LogP contribution in [0.2, 0.25) is 0 Å². The fourth-order valence-electron chi connectivity index (χ4n) is 1.83. The molecule has 0 saturated heterocycles. The lowest BCUT2D eigenvalue weighted by Gasteiger charge is -2.18. The Hall–Kier alpha value is -0.780. The third kappa shape index (κ3) is 3.66. The average molecular weight is 280 g/mol. The standard InChI is InChI=1S/C14H18BrN/c1-4-5-6-7-14(16-3)13-9-8-12(15)10-11(13)2/h8-10,14,16H,6-7H2,1-3H3. The lowest BCUT2D eigenvalue weighted by atomic mass is 9.98. The highest BCUT2D eigenvalue weighted by Gasteiger charge is 2.10. The van der Waals surface area contributed by atoms with E-state index in [9.17, 15) is 0 Å². The highest BCUT2D eigenvalue weighted by atomic mass is 79.9. The molecule has 86 valence electrons. The SMILES string of the molecule is CC#CCCC(NC)c1ccc(Br)cc1C. The Morgan fingerprint density at radius 3 is 2.75 bits per heavy atom. The van der Waals surface area contributed by atoms with Gasteiger partial charge >= 0.3 is 0 Å². The molecule has 0 aromatic heterocycles. The Morgan fingerprint density at radius 1 is 1.44 bits per heavy atom. The second-order valence-corrected chi connectivity index (χ2v) is 4.72. The summed E-state index contributed by atoms with van der Waals surface area (Å²) >= 11 is 3.49. The van der Waals surface area contributed by atoms with Gasteiger partial charge in [-0.1, -0.05) is 22.0 Å². The van der Waals surface area contributed by atoms with Crippen LogP contribution < -0.4 is 5.32 Å². The minimum absolute atomic E-state index is 0.397. The van der Waals surface area contributed by atoms with E-state index in [0.29, 0.717) is 6.04 Å². The number of benzene rings is 1. The van der Waals surface area contributed by atoms with Crippen LogP contribution >= 0.6 is 15.9 Å². The molecule has 1 atom stereocenters. The quantitative estimate of drug-likeness (QED) is 0.827. The van der Waals surface area contributed by atoms with Gasteiger partial charge in [0, 0.05) is 16.9 Å². The van der Waals surface area contributed by atoms with Crippen molar-refractivity contribution in [1.82, 2.24) is 5.32 Å². The highest BCUT2D eigenvalue weighted by Crippen LogP contribution is 2.24. The van der Waals surface area contributed by atoms with Crippen LogP contribution in [-0.2, 0) is 0 Å². The van der Waals surface area contributed by atoms with Crippen molar-refractivity contribution < 1.29 is 0 Å². The van der Waals surface area contributed by atoms with Gasteiger partial charge in [-0.15, -0.1) is 11.8 Å². The summed E-state index contributed by atoms with van der Waals surface area (Å²) in [5.74, 6) is 6.05. The molecule has 0 bridgehead atoms. The van der Waals surface area contributed by atoms with E-state index >= 15 is 0 Å². The maximum atomic E-state index is 3.49. The van der Waals surface area contributed by atoms with Crippen molar-refractivity contribution in [2.45, 2.75) is 32.7 Å². The molecule has 1 unspecified atom stereocenters. The zero-order valence-electron chi connectivity index (χ0n) is 10.1. The van der Waals surface area contributed by atoms with Gasteiger partial charge in [0.1, 0.15) is 0 Å². The van der Waals surface area contributed by atoms with Gasteiger partial charge in [0.05, 0.1) is 0 Å². The summed E-state index contributed by atoms with van der Waals surface area (Å²) in [6, 6.07) is 6.83. The predicted molar refractivity (Wildman–Crippen MR) is 73.4 cm³/mol. The number of rotatable bonds is 4. The smallest absolute Gasteiger partial charge is 0.0329 e. The van der Waals surface area contributed by atoms with Crippen LogP contribution in [0.5, 0.6) is 0 Å². The second kappa shape index (κ2) is 6.73. The van der Waals surface area contributed by atoms with Crippen LogP contribution in [-0.4, -0.2) is 7.05 Å². The van der Waals surface area contributed by atoms with E-state index in [0.717, 1.165) is 17.3 Å². The summed E-state index contributed by atoms with van der Waals surface area (Å²) in [4.78, 5) is 0. The fourth-order valence-corrected chi connectivity index (χ4v) is 2.30. The molecule has 0 aliphatic carbocycles. The Morgan fingerprint density at radius 2 is 2.19 bits per heavy atom. The zero-order chi connectivity index (χ0) is 12.0. The molecular formula is C14H18BrN. The van der Waals surface area contributed by atoms with Crippen molar-refractivity contribution >= 4 is 15.9 Å². The maximum absolute atomic E-state index is 3.49. The first-order valence-electron chi connectivity index (χ1n) is 5.52. The van der Waals surface area contributed by atoms with Crippen LogP contribution in [0.25, 0.3) is 0 Å². The van der Waals surface area contributed by atoms with Gasteiger partial charge in [-0.05, 0) is 50.6 Å². The van der Waals surface area contributed by atoms with Crippen LogP contribution in [0.1, 0.15) is 36.9 Å². The number of hydrogen-bond acceptors (Lipinski definition) is 1. The maximum Gasteiger partial charge on any atom is 0.0329 e. The van der Waals surface area contributed by atoms with Gasteiger partial charge in [0.15, 0.2) is 0 Å². The Labute approximate surface area is 107 Å². The first kappa shape index (κ1) is 13.3. The van der Waals surface area contributed by atoms with Crippen molar-refractivity contribution in [3.8, 4) is 11.8 Å². The van der Waals surface area contributed by atoms with E-state index in [1.807, 2.05) is 14.0 Å². The van der Waals surface area contributed by atoms with Gasteiger partial charge in [-0.25, -0.2) is 0 Å². The van der Waals surface area contributed by atoms with Crippen LogP contribution in [0.4, 0.5) is 0 Å². The minimum atomic E-state index is 0.397. The molecule has 16 heavy (non-hydrogen) atoms. The number of halogens is 1. The summed E-state index contributed by atoms with van der Waals surface area (Å²) in [6.07, 6.45) is 2.00. The fraction of sp³-hybridized carbons (Fsp3) is 0.429. The molecule has 0 fully saturated rings. The molecule has 0 aliphatic rings. The molecule has 1 rings (SSSR count). The summed E-state index contributed by atoms with van der Waals surface area (Å²) in [6.45, 7) is 4.04. The molecule has 0 saturated carbocycles. The Balaban J connectivity index is 2.80. The molecule has 1 N–H and O–H groups in total. The molecule has 0 amide bonds. The summed E-state index contributed by atoms with van der Waals surface area (Å²) in [7, 11) is 2.01. The second-order valence-electron chi connectivity index (χ2n) is 3.81. The van der Waals surface area contributed by atoms with Crippen LogP contribution in [0.15, 0.2) is 22.7 Å². The van der Waals surface area contributed by atoms with Gasteiger partial charge in [0.25, 0.3) is 0 Å². The van der Waals surface area contributed by atoms with Crippen molar-refractivity contribution in [1.29, 1.82) is 0 Å². The first-order valence-corrected chi connectivity index (χ1v) is 6.31. The van der Waals surface area contributed by atoms with E-state index in [1.54, 1.807) is 0 Å². The number of aryl methyl sites for hydroxylation is 1. The van der Waals surface area contributed by atoms with E-state index in [2.05, 4.69) is 58.2 Å². The summed E-state index contributed by atoms with van der Waals surface area (Å²) in [5.41, 5.74) is 2.68. The van der Waals surface area contributed by atoms with Crippen molar-refractivity contribution in [2.24, 2.45) is 0 Å². The topological polar surface area (TPSA) is 12.0 Å². The molecule has 1 aromatic carbocycles. The van der Waals surface area contributed by atoms with E-state index < -0.39 is 0 Å². The zero-order valence-corrected chi connectivity index (χ0v) is 11.7. The molecule has 0 aliphatic heterocycles. The minimum Gasteiger partial charge on any atom is -0.313 e. The van der Waals surface area contributed by atoms with Gasteiger partial charge < -0.3 is 5.32 Å². The Kier molecular flexibility index (Phi) is 5.59. The van der Waals surface area contributed by atoms with Gasteiger partial charge in [0.2, 0.25) is 0 Å². The largest absolute Gasteiger partial charge is 0.313 e. The van der Waals surface area contributed by atoms with Crippen molar-refractivity contribution in [2.75, 3.05) is 7.05 Å². The van der Waals surface area contributed by atoms with E-state index in [-0.39, 0.29) is 0 Å². The highest BCUT2D eigenvalue weighted by molar-refractivity contribution is 9.10. The molecular weight excluding hydrogens is 262 g/mol.